The molecule has 1 aromatic carbocycles. The standard InChI is InChI=1S/C13H22N2O2S/c1-11(2)13(15(3)4)10-14-18(16,17)12-8-6-5-7-9-12/h5-9,11,13-14H,10H2,1-4H3. The lowest BCUT2D eigenvalue weighted by molar-refractivity contribution is 0.233. The van der Waals surface area contributed by atoms with Crippen molar-refractivity contribution in [3.8, 4) is 0 Å². The summed E-state index contributed by atoms with van der Waals surface area (Å²) in [4.78, 5) is 2.35. The van der Waals surface area contributed by atoms with Crippen LogP contribution >= 0.6 is 0 Å². The van der Waals surface area contributed by atoms with E-state index in [4.69, 9.17) is 0 Å². The monoisotopic (exact) mass is 270 g/mol. The molecule has 0 saturated carbocycles. The second kappa shape index (κ2) is 6.31. The minimum absolute atomic E-state index is 0.184. The number of hydrogen-bond acceptors (Lipinski definition) is 3. The molecule has 0 aliphatic rings. The molecule has 4 nitrogen and oxygen atoms in total. The van der Waals surface area contributed by atoms with Gasteiger partial charge in [-0.25, -0.2) is 13.1 Å². The zero-order valence-electron chi connectivity index (χ0n) is 11.4. The van der Waals surface area contributed by atoms with Crippen molar-refractivity contribution in [2.75, 3.05) is 20.6 Å². The van der Waals surface area contributed by atoms with Gasteiger partial charge in [-0.1, -0.05) is 32.0 Å². The van der Waals surface area contributed by atoms with E-state index in [1.165, 1.54) is 0 Å². The lowest BCUT2D eigenvalue weighted by Gasteiger charge is -2.28. The Labute approximate surface area is 110 Å². The number of nitrogens with one attached hydrogen (secondary N) is 1. The van der Waals surface area contributed by atoms with E-state index in [9.17, 15) is 8.42 Å². The zero-order chi connectivity index (χ0) is 13.8. The summed E-state index contributed by atoms with van der Waals surface area (Å²) in [5.74, 6) is 0.387. The van der Waals surface area contributed by atoms with Gasteiger partial charge in [0.05, 0.1) is 4.90 Å². The van der Waals surface area contributed by atoms with Crippen LogP contribution in [0.4, 0.5) is 0 Å². The molecular formula is C13H22N2O2S. The van der Waals surface area contributed by atoms with Gasteiger partial charge >= 0.3 is 0 Å². The lowest BCUT2D eigenvalue weighted by atomic mass is 10.0. The predicted octanol–water partition coefficient (Wildman–Crippen LogP) is 1.55. The van der Waals surface area contributed by atoms with Crippen LogP contribution in [0.1, 0.15) is 13.8 Å². The number of rotatable bonds is 6. The summed E-state index contributed by atoms with van der Waals surface area (Å²) in [6.07, 6.45) is 0. The van der Waals surface area contributed by atoms with E-state index in [1.807, 2.05) is 19.0 Å². The summed E-state index contributed by atoms with van der Waals surface area (Å²) in [7, 11) is 0.521. The van der Waals surface area contributed by atoms with E-state index in [0.29, 0.717) is 17.4 Å². The molecule has 18 heavy (non-hydrogen) atoms. The molecule has 102 valence electrons. The largest absolute Gasteiger partial charge is 0.305 e. The first-order chi connectivity index (χ1) is 8.34. The van der Waals surface area contributed by atoms with Crippen molar-refractivity contribution in [1.82, 2.24) is 9.62 Å². The molecule has 5 heteroatoms. The first-order valence-electron chi connectivity index (χ1n) is 6.05. The summed E-state index contributed by atoms with van der Waals surface area (Å²) in [6, 6.07) is 8.63. The van der Waals surface area contributed by atoms with Crippen LogP contribution in [0.3, 0.4) is 0 Å². The van der Waals surface area contributed by atoms with Gasteiger partial charge in [-0.2, -0.15) is 0 Å². The van der Waals surface area contributed by atoms with Crippen molar-refractivity contribution in [2.24, 2.45) is 5.92 Å². The number of nitrogens with zero attached hydrogens (tertiary/aromatic N) is 1. The molecule has 0 aromatic heterocycles. The van der Waals surface area contributed by atoms with Gasteiger partial charge in [-0.15, -0.1) is 0 Å². The van der Waals surface area contributed by atoms with Crippen molar-refractivity contribution in [3.63, 3.8) is 0 Å². The first kappa shape index (κ1) is 15.1. The molecule has 1 unspecified atom stereocenters. The molecule has 1 aromatic rings. The third kappa shape index (κ3) is 4.08. The molecule has 0 bridgehead atoms. The SMILES string of the molecule is CC(C)C(CNS(=O)(=O)c1ccccc1)N(C)C. The van der Waals surface area contributed by atoms with E-state index >= 15 is 0 Å². The Balaban J connectivity index is 2.73. The van der Waals surface area contributed by atoms with Crippen molar-refractivity contribution >= 4 is 10.0 Å². The van der Waals surface area contributed by atoms with Gasteiger partial charge in [0.25, 0.3) is 0 Å². The van der Waals surface area contributed by atoms with Gasteiger partial charge in [0.2, 0.25) is 10.0 Å². The zero-order valence-corrected chi connectivity index (χ0v) is 12.2. The molecule has 0 saturated heterocycles. The fourth-order valence-electron chi connectivity index (χ4n) is 1.89. The normalized spacial score (nSPS) is 14.1. The number of hydrogen-bond donors (Lipinski definition) is 1. The number of likely N-dealkylation sites (N-methyl/N-ethyl adjacent to an activating group) is 1. The Morgan fingerprint density at radius 3 is 2.17 bits per heavy atom. The first-order valence-corrected chi connectivity index (χ1v) is 7.54. The Morgan fingerprint density at radius 1 is 1.17 bits per heavy atom. The quantitative estimate of drug-likeness (QED) is 0.853. The number of benzene rings is 1. The molecular weight excluding hydrogens is 248 g/mol. The van der Waals surface area contributed by atoms with Gasteiger partial charge in [0, 0.05) is 12.6 Å². The average molecular weight is 270 g/mol. The summed E-state index contributed by atoms with van der Waals surface area (Å²) >= 11 is 0. The third-order valence-corrected chi connectivity index (χ3v) is 4.41. The Bertz CT molecular complexity index is 447. The van der Waals surface area contributed by atoms with Gasteiger partial charge in [-0.05, 0) is 32.1 Å². The molecule has 0 spiro atoms. The van der Waals surface area contributed by atoms with Crippen molar-refractivity contribution < 1.29 is 8.42 Å². The number of sulfonamides is 1. The molecule has 0 heterocycles. The van der Waals surface area contributed by atoms with E-state index in [2.05, 4.69) is 18.6 Å². The van der Waals surface area contributed by atoms with E-state index in [0.717, 1.165) is 0 Å². The summed E-state index contributed by atoms with van der Waals surface area (Å²) < 4.78 is 26.8. The van der Waals surface area contributed by atoms with Gasteiger partial charge in [-0.3, -0.25) is 0 Å². The lowest BCUT2D eigenvalue weighted by Crippen LogP contribution is -2.43. The molecule has 0 aliphatic carbocycles. The third-order valence-electron chi connectivity index (χ3n) is 2.97. The van der Waals surface area contributed by atoms with Crippen LogP contribution in [0.25, 0.3) is 0 Å². The summed E-state index contributed by atoms with van der Waals surface area (Å²) in [6.45, 7) is 4.59. The second-order valence-corrected chi connectivity index (χ2v) is 6.71. The minimum Gasteiger partial charge on any atom is -0.305 e. The van der Waals surface area contributed by atoms with Crippen LogP contribution in [-0.2, 0) is 10.0 Å². The van der Waals surface area contributed by atoms with Gasteiger partial charge in [0.1, 0.15) is 0 Å². The highest BCUT2D eigenvalue weighted by Gasteiger charge is 2.20. The molecule has 0 amide bonds. The van der Waals surface area contributed by atoms with Crippen LogP contribution in [0.15, 0.2) is 35.2 Å². The maximum atomic E-state index is 12.1. The van der Waals surface area contributed by atoms with Crippen molar-refractivity contribution in [1.29, 1.82) is 0 Å². The van der Waals surface area contributed by atoms with Crippen LogP contribution in [0.5, 0.6) is 0 Å². The van der Waals surface area contributed by atoms with Crippen LogP contribution < -0.4 is 4.72 Å². The molecule has 0 aliphatic heterocycles. The fraction of sp³-hybridized carbons (Fsp3) is 0.538. The second-order valence-electron chi connectivity index (χ2n) is 4.94. The fourth-order valence-corrected chi connectivity index (χ4v) is 2.96. The Kier molecular flexibility index (Phi) is 5.31. The maximum absolute atomic E-state index is 12.1. The molecule has 1 atom stereocenters. The topological polar surface area (TPSA) is 49.4 Å². The van der Waals surface area contributed by atoms with E-state index < -0.39 is 10.0 Å². The van der Waals surface area contributed by atoms with Crippen LogP contribution in [0.2, 0.25) is 0 Å². The highest BCUT2D eigenvalue weighted by molar-refractivity contribution is 7.89. The average Bonchev–Trinajstić information content (AvgIpc) is 2.29. The smallest absolute Gasteiger partial charge is 0.240 e. The Morgan fingerprint density at radius 2 is 1.72 bits per heavy atom. The van der Waals surface area contributed by atoms with Crippen molar-refractivity contribution in [2.45, 2.75) is 24.8 Å². The molecule has 0 radical (unpaired) electrons. The predicted molar refractivity (Wildman–Crippen MR) is 73.9 cm³/mol. The van der Waals surface area contributed by atoms with Gasteiger partial charge in [0.15, 0.2) is 0 Å². The van der Waals surface area contributed by atoms with Crippen LogP contribution in [-0.4, -0.2) is 40.0 Å². The van der Waals surface area contributed by atoms with E-state index in [-0.39, 0.29) is 6.04 Å². The van der Waals surface area contributed by atoms with Crippen molar-refractivity contribution in [3.05, 3.63) is 30.3 Å². The Hall–Kier alpha value is -0.910. The van der Waals surface area contributed by atoms with E-state index in [1.54, 1.807) is 30.3 Å². The maximum Gasteiger partial charge on any atom is 0.240 e. The molecule has 1 rings (SSSR count). The van der Waals surface area contributed by atoms with Gasteiger partial charge < -0.3 is 4.90 Å². The minimum atomic E-state index is -3.40. The molecule has 1 N–H and O–H groups in total. The summed E-state index contributed by atoms with van der Waals surface area (Å²) in [5.41, 5.74) is 0. The summed E-state index contributed by atoms with van der Waals surface area (Å²) in [5, 5.41) is 0. The highest BCUT2D eigenvalue weighted by Crippen LogP contribution is 2.10. The highest BCUT2D eigenvalue weighted by atomic mass is 32.2. The van der Waals surface area contributed by atoms with Crippen LogP contribution in [0, 0.1) is 5.92 Å². The molecule has 0 fully saturated rings.